The average molecular weight is 270 g/mol. The fourth-order valence-corrected chi connectivity index (χ4v) is 1.79. The van der Waals surface area contributed by atoms with Crippen molar-refractivity contribution in [3.8, 4) is 0 Å². The number of halogens is 4. The molecule has 100 valence electrons. The minimum absolute atomic E-state index is 0.334. The molecule has 1 atom stereocenters. The van der Waals surface area contributed by atoms with E-state index in [1.54, 1.807) is 18.2 Å². The van der Waals surface area contributed by atoms with Crippen molar-refractivity contribution in [1.82, 2.24) is 0 Å². The molecule has 0 aliphatic rings. The Morgan fingerprint density at radius 2 is 1.53 bits per heavy atom. The van der Waals surface area contributed by atoms with Crippen LogP contribution in [-0.2, 0) is 6.18 Å². The third kappa shape index (κ3) is 2.76. The largest absolute Gasteiger partial charge is 0.419 e. The van der Waals surface area contributed by atoms with Crippen LogP contribution >= 0.6 is 0 Å². The molecule has 0 fully saturated rings. The second-order valence-electron chi connectivity index (χ2n) is 4.02. The Labute approximate surface area is 107 Å². The van der Waals surface area contributed by atoms with Crippen LogP contribution in [0.3, 0.4) is 0 Å². The van der Waals surface area contributed by atoms with Gasteiger partial charge in [-0.3, -0.25) is 0 Å². The van der Waals surface area contributed by atoms with Gasteiger partial charge < -0.3 is 5.11 Å². The predicted molar refractivity (Wildman–Crippen MR) is 61.9 cm³/mol. The van der Waals surface area contributed by atoms with Gasteiger partial charge in [0.05, 0.1) is 5.56 Å². The highest BCUT2D eigenvalue weighted by atomic mass is 19.4. The van der Waals surface area contributed by atoms with Gasteiger partial charge in [0.15, 0.2) is 0 Å². The molecule has 1 nitrogen and oxygen atoms in total. The zero-order chi connectivity index (χ0) is 14.0. The number of rotatable bonds is 2. The van der Waals surface area contributed by atoms with E-state index in [-0.39, 0.29) is 5.56 Å². The van der Waals surface area contributed by atoms with Crippen molar-refractivity contribution in [2.75, 3.05) is 0 Å². The van der Waals surface area contributed by atoms with E-state index in [0.29, 0.717) is 11.6 Å². The topological polar surface area (TPSA) is 20.2 Å². The highest BCUT2D eigenvalue weighted by molar-refractivity contribution is 5.35. The number of aliphatic hydroxyl groups is 1. The van der Waals surface area contributed by atoms with Crippen molar-refractivity contribution < 1.29 is 22.7 Å². The molecule has 5 heteroatoms. The molecule has 2 aromatic rings. The molecule has 0 bridgehead atoms. The smallest absolute Gasteiger partial charge is 0.384 e. The van der Waals surface area contributed by atoms with Gasteiger partial charge >= 0.3 is 6.18 Å². The fourth-order valence-electron chi connectivity index (χ4n) is 1.79. The molecule has 0 heterocycles. The summed E-state index contributed by atoms with van der Waals surface area (Å²) in [6.45, 7) is 0. The number of alkyl halides is 3. The molecule has 2 aromatic carbocycles. The Hall–Kier alpha value is -1.88. The van der Waals surface area contributed by atoms with Crippen LogP contribution in [-0.4, -0.2) is 5.11 Å². The second kappa shape index (κ2) is 5.01. The highest BCUT2D eigenvalue weighted by Crippen LogP contribution is 2.35. The standard InChI is InChI=1S/C14H10F4O/c15-12-10(7-4-8-11(12)14(16,17)18)13(19)9-5-2-1-3-6-9/h1-8,13,19H. The number of hydrogen-bond acceptors (Lipinski definition) is 1. The molecule has 0 aliphatic heterocycles. The summed E-state index contributed by atoms with van der Waals surface area (Å²) in [7, 11) is 0. The highest BCUT2D eigenvalue weighted by Gasteiger charge is 2.35. The molecular formula is C14H10F4O. The minimum atomic E-state index is -4.78. The van der Waals surface area contributed by atoms with E-state index in [4.69, 9.17) is 0 Å². The molecule has 0 aliphatic carbocycles. The van der Waals surface area contributed by atoms with E-state index in [1.807, 2.05) is 0 Å². The Morgan fingerprint density at radius 3 is 2.11 bits per heavy atom. The minimum Gasteiger partial charge on any atom is -0.384 e. The van der Waals surface area contributed by atoms with E-state index in [2.05, 4.69) is 0 Å². The van der Waals surface area contributed by atoms with Crippen molar-refractivity contribution in [1.29, 1.82) is 0 Å². The van der Waals surface area contributed by atoms with Crippen LogP contribution < -0.4 is 0 Å². The van der Waals surface area contributed by atoms with Crippen LogP contribution in [0.2, 0.25) is 0 Å². The quantitative estimate of drug-likeness (QED) is 0.820. The maximum absolute atomic E-state index is 13.8. The third-order valence-electron chi connectivity index (χ3n) is 2.74. The molecule has 1 N–H and O–H groups in total. The van der Waals surface area contributed by atoms with Crippen LogP contribution in [0.4, 0.5) is 17.6 Å². The van der Waals surface area contributed by atoms with Gasteiger partial charge in [-0.2, -0.15) is 13.2 Å². The predicted octanol–water partition coefficient (Wildman–Crippen LogP) is 3.93. The summed E-state index contributed by atoms with van der Waals surface area (Å²) in [5.41, 5.74) is -1.43. The van der Waals surface area contributed by atoms with E-state index < -0.39 is 23.7 Å². The van der Waals surface area contributed by atoms with E-state index in [1.165, 1.54) is 12.1 Å². The molecule has 1 unspecified atom stereocenters. The first-order valence-electron chi connectivity index (χ1n) is 5.50. The van der Waals surface area contributed by atoms with Crippen molar-refractivity contribution >= 4 is 0 Å². The van der Waals surface area contributed by atoms with Gasteiger partial charge in [-0.25, -0.2) is 4.39 Å². The summed E-state index contributed by atoms with van der Waals surface area (Å²) in [4.78, 5) is 0. The zero-order valence-corrected chi connectivity index (χ0v) is 9.66. The van der Waals surface area contributed by atoms with Crippen LogP contribution in [0.1, 0.15) is 22.8 Å². The van der Waals surface area contributed by atoms with E-state index in [9.17, 15) is 22.7 Å². The number of hydrogen-bond donors (Lipinski definition) is 1. The Kier molecular flexibility index (Phi) is 3.57. The molecular weight excluding hydrogens is 260 g/mol. The van der Waals surface area contributed by atoms with E-state index >= 15 is 0 Å². The van der Waals surface area contributed by atoms with Gasteiger partial charge in [0.2, 0.25) is 0 Å². The first-order valence-corrected chi connectivity index (χ1v) is 5.50. The van der Waals surface area contributed by atoms with Crippen molar-refractivity contribution in [3.63, 3.8) is 0 Å². The van der Waals surface area contributed by atoms with Crippen molar-refractivity contribution in [2.45, 2.75) is 12.3 Å². The zero-order valence-electron chi connectivity index (χ0n) is 9.66. The lowest BCUT2D eigenvalue weighted by Crippen LogP contribution is -2.12. The lowest BCUT2D eigenvalue weighted by atomic mass is 9.99. The monoisotopic (exact) mass is 270 g/mol. The normalized spacial score (nSPS) is 13.3. The first-order chi connectivity index (χ1) is 8.91. The molecule has 0 amide bonds. The van der Waals surface area contributed by atoms with Crippen LogP contribution in [0.25, 0.3) is 0 Å². The summed E-state index contributed by atoms with van der Waals surface area (Å²) >= 11 is 0. The molecule has 0 saturated heterocycles. The molecule has 19 heavy (non-hydrogen) atoms. The fraction of sp³-hybridized carbons (Fsp3) is 0.143. The summed E-state index contributed by atoms with van der Waals surface area (Å²) < 4.78 is 51.5. The third-order valence-corrected chi connectivity index (χ3v) is 2.74. The first kappa shape index (κ1) is 13.5. The van der Waals surface area contributed by atoms with Gasteiger partial charge in [-0.1, -0.05) is 42.5 Å². The maximum Gasteiger partial charge on any atom is 0.419 e. The Balaban J connectivity index is 2.47. The van der Waals surface area contributed by atoms with Gasteiger partial charge in [-0.15, -0.1) is 0 Å². The lowest BCUT2D eigenvalue weighted by molar-refractivity contribution is -0.140. The lowest BCUT2D eigenvalue weighted by Gasteiger charge is -2.15. The van der Waals surface area contributed by atoms with Gasteiger partial charge in [0.25, 0.3) is 0 Å². The summed E-state index contributed by atoms with van der Waals surface area (Å²) in [6, 6.07) is 10.8. The summed E-state index contributed by atoms with van der Waals surface area (Å²) in [6.07, 6.45) is -6.21. The van der Waals surface area contributed by atoms with E-state index in [0.717, 1.165) is 12.1 Å². The summed E-state index contributed by atoms with van der Waals surface area (Å²) in [5, 5.41) is 9.96. The number of aliphatic hydroxyl groups excluding tert-OH is 1. The Bertz CT molecular complexity index is 563. The second-order valence-corrected chi connectivity index (χ2v) is 4.02. The summed E-state index contributed by atoms with van der Waals surface area (Å²) in [5.74, 6) is -1.44. The SMILES string of the molecule is OC(c1ccccc1)c1cccc(C(F)(F)F)c1F. The van der Waals surface area contributed by atoms with Crippen LogP contribution in [0, 0.1) is 5.82 Å². The molecule has 2 rings (SSSR count). The van der Waals surface area contributed by atoms with Crippen molar-refractivity contribution in [3.05, 3.63) is 71.0 Å². The number of benzene rings is 2. The van der Waals surface area contributed by atoms with Crippen LogP contribution in [0.15, 0.2) is 48.5 Å². The molecule has 0 radical (unpaired) electrons. The van der Waals surface area contributed by atoms with Gasteiger partial charge in [0.1, 0.15) is 11.9 Å². The average Bonchev–Trinajstić information content (AvgIpc) is 2.38. The van der Waals surface area contributed by atoms with Crippen molar-refractivity contribution in [2.24, 2.45) is 0 Å². The maximum atomic E-state index is 13.8. The molecule has 0 aromatic heterocycles. The Morgan fingerprint density at radius 1 is 0.895 bits per heavy atom. The molecule has 0 spiro atoms. The van der Waals surface area contributed by atoms with Gasteiger partial charge in [0, 0.05) is 5.56 Å². The molecule has 0 saturated carbocycles. The van der Waals surface area contributed by atoms with Crippen LogP contribution in [0.5, 0.6) is 0 Å². The van der Waals surface area contributed by atoms with Gasteiger partial charge in [-0.05, 0) is 11.6 Å².